The lowest BCUT2D eigenvalue weighted by Crippen LogP contribution is -2.25. The van der Waals surface area contributed by atoms with Crippen LogP contribution in [0.3, 0.4) is 0 Å². The van der Waals surface area contributed by atoms with E-state index in [0.717, 1.165) is 2.88 Å². The Balaban J connectivity index is 1.78. The molecule has 1 aliphatic rings. The van der Waals surface area contributed by atoms with Crippen LogP contribution in [0.15, 0.2) is 29.6 Å². The molecule has 3 rings (SSSR count). The van der Waals surface area contributed by atoms with Gasteiger partial charge >= 0.3 is 6.29 Å². The van der Waals surface area contributed by atoms with Crippen molar-refractivity contribution in [1.29, 1.82) is 0 Å². The second-order valence-electron chi connectivity index (χ2n) is 3.92. The largest absolute Gasteiger partial charge is 0.586 e. The van der Waals surface area contributed by atoms with E-state index in [-0.39, 0.29) is 17.4 Å². The van der Waals surface area contributed by atoms with Crippen LogP contribution in [0, 0.1) is 2.88 Å². The van der Waals surface area contributed by atoms with Crippen LogP contribution >= 0.6 is 33.9 Å². The van der Waals surface area contributed by atoms with Gasteiger partial charge in [-0.25, -0.2) is 0 Å². The number of amides is 1. The molecule has 0 bridgehead atoms. The number of fused-ring (bicyclic) bond motifs is 1. The topological polar surface area (TPSA) is 47.6 Å². The summed E-state index contributed by atoms with van der Waals surface area (Å²) in [5.74, 6) is -0.472. The van der Waals surface area contributed by atoms with Gasteiger partial charge in [-0.2, -0.15) is 0 Å². The predicted octanol–water partition coefficient (Wildman–Crippen LogP) is 3.93. The van der Waals surface area contributed by atoms with Crippen molar-refractivity contribution in [3.05, 3.63) is 38.1 Å². The fourth-order valence-electron chi connectivity index (χ4n) is 1.66. The molecule has 2 heterocycles. The first-order chi connectivity index (χ1) is 9.43. The number of carbonyl (C=O) groups excluding carboxylic acids is 1. The molecule has 0 fully saturated rings. The number of halogens is 3. The fraction of sp³-hybridized carbons (Fsp3) is 0.0833. The maximum absolute atomic E-state index is 12.9. The number of carbonyl (C=O) groups is 1. The van der Waals surface area contributed by atoms with Crippen LogP contribution in [0.5, 0.6) is 11.5 Å². The number of anilines is 1. The number of ether oxygens (including phenoxy) is 2. The molecule has 104 valence electrons. The first-order valence-corrected chi connectivity index (χ1v) is 7.34. The van der Waals surface area contributed by atoms with Gasteiger partial charge in [0, 0.05) is 17.1 Å². The van der Waals surface area contributed by atoms with Crippen molar-refractivity contribution in [2.75, 3.05) is 5.32 Å². The van der Waals surface area contributed by atoms with Gasteiger partial charge in [0.1, 0.15) is 0 Å². The molecule has 0 unspecified atom stereocenters. The summed E-state index contributed by atoms with van der Waals surface area (Å²) in [5.41, 5.74) is 0.874. The molecule has 8 heteroatoms. The van der Waals surface area contributed by atoms with Gasteiger partial charge in [0.15, 0.2) is 11.5 Å². The highest BCUT2D eigenvalue weighted by Gasteiger charge is 2.43. The molecule has 0 saturated carbocycles. The van der Waals surface area contributed by atoms with E-state index in [1.54, 1.807) is 11.4 Å². The van der Waals surface area contributed by atoms with E-state index >= 15 is 0 Å². The van der Waals surface area contributed by atoms with E-state index < -0.39 is 6.29 Å². The van der Waals surface area contributed by atoms with Gasteiger partial charge in [0.05, 0.1) is 8.45 Å². The Morgan fingerprint density at radius 1 is 1.25 bits per heavy atom. The third-order valence-electron chi connectivity index (χ3n) is 2.49. The number of hydrogen-bond donors (Lipinski definition) is 1. The van der Waals surface area contributed by atoms with E-state index in [2.05, 4.69) is 37.4 Å². The fourth-order valence-corrected chi connectivity index (χ4v) is 2.99. The van der Waals surface area contributed by atoms with Crippen molar-refractivity contribution in [2.45, 2.75) is 6.29 Å². The average molecular weight is 409 g/mol. The van der Waals surface area contributed by atoms with Crippen molar-refractivity contribution in [1.82, 2.24) is 0 Å². The van der Waals surface area contributed by atoms with E-state index in [1.165, 1.54) is 29.5 Å². The summed E-state index contributed by atoms with van der Waals surface area (Å²) in [7, 11) is 0. The molecule has 2 aromatic rings. The third-order valence-corrected chi connectivity index (χ3v) is 4.28. The van der Waals surface area contributed by atoms with E-state index in [9.17, 15) is 13.6 Å². The highest BCUT2D eigenvalue weighted by atomic mass is 127. The first kappa shape index (κ1) is 13.6. The zero-order valence-electron chi connectivity index (χ0n) is 9.65. The van der Waals surface area contributed by atoms with Gasteiger partial charge in [0.25, 0.3) is 5.91 Å². The van der Waals surface area contributed by atoms with E-state index in [0.29, 0.717) is 11.3 Å². The average Bonchev–Trinajstić information content (AvgIpc) is 2.90. The van der Waals surface area contributed by atoms with Crippen LogP contribution in [0.2, 0.25) is 0 Å². The molecular weight excluding hydrogens is 403 g/mol. The minimum Gasteiger partial charge on any atom is -0.395 e. The highest BCUT2D eigenvalue weighted by molar-refractivity contribution is 14.1. The molecule has 1 aliphatic heterocycles. The summed E-state index contributed by atoms with van der Waals surface area (Å²) in [6.07, 6.45) is -3.66. The number of benzene rings is 1. The monoisotopic (exact) mass is 409 g/mol. The smallest absolute Gasteiger partial charge is 0.395 e. The predicted molar refractivity (Wildman–Crippen MR) is 77.6 cm³/mol. The number of hydrogen-bond acceptors (Lipinski definition) is 4. The SMILES string of the molecule is O=C(Nc1ccc2c(c1)OC(F)(F)O2)c1csc(I)c1. The summed E-state index contributed by atoms with van der Waals surface area (Å²) in [6.45, 7) is 0. The van der Waals surface area contributed by atoms with E-state index in [1.807, 2.05) is 0 Å². The quantitative estimate of drug-likeness (QED) is 0.765. The minimum absolute atomic E-state index is 0.0573. The Labute approximate surface area is 129 Å². The minimum atomic E-state index is -3.66. The Hall–Kier alpha value is -1.42. The van der Waals surface area contributed by atoms with Crippen LogP contribution in [0.1, 0.15) is 10.4 Å². The second-order valence-corrected chi connectivity index (χ2v) is 6.73. The van der Waals surface area contributed by atoms with Gasteiger partial charge in [-0.15, -0.1) is 20.1 Å². The van der Waals surface area contributed by atoms with Gasteiger partial charge in [-0.3, -0.25) is 4.79 Å². The van der Waals surface area contributed by atoms with Crippen LogP contribution in [-0.4, -0.2) is 12.2 Å². The van der Waals surface area contributed by atoms with Crippen molar-refractivity contribution in [3.63, 3.8) is 0 Å². The molecular formula is C12H6F2INO3S. The molecule has 1 aromatic heterocycles. The van der Waals surface area contributed by atoms with Crippen LogP contribution < -0.4 is 14.8 Å². The van der Waals surface area contributed by atoms with Gasteiger partial charge in [-0.05, 0) is 40.8 Å². The number of thiophene rings is 1. The van der Waals surface area contributed by atoms with Gasteiger partial charge in [-0.1, -0.05) is 0 Å². The van der Waals surface area contributed by atoms with Crippen LogP contribution in [0.25, 0.3) is 0 Å². The van der Waals surface area contributed by atoms with Crippen molar-refractivity contribution in [3.8, 4) is 11.5 Å². The Morgan fingerprint density at radius 3 is 2.70 bits per heavy atom. The van der Waals surface area contributed by atoms with Crippen LogP contribution in [0.4, 0.5) is 14.5 Å². The van der Waals surface area contributed by atoms with Crippen LogP contribution in [-0.2, 0) is 0 Å². The highest BCUT2D eigenvalue weighted by Crippen LogP contribution is 2.42. The van der Waals surface area contributed by atoms with Crippen molar-refractivity contribution >= 4 is 45.5 Å². The van der Waals surface area contributed by atoms with Crippen molar-refractivity contribution in [2.24, 2.45) is 0 Å². The maximum atomic E-state index is 12.9. The maximum Gasteiger partial charge on any atom is 0.586 e. The summed E-state index contributed by atoms with van der Waals surface area (Å²) >= 11 is 3.56. The molecule has 4 nitrogen and oxygen atoms in total. The molecule has 0 spiro atoms. The normalized spacial score (nSPS) is 15.2. The standard InChI is InChI=1S/C12H6F2INO3S/c13-12(14)18-8-2-1-7(4-9(8)19-12)16-11(17)6-3-10(15)20-5-6/h1-5H,(H,16,17). The first-order valence-electron chi connectivity index (χ1n) is 5.38. The summed E-state index contributed by atoms with van der Waals surface area (Å²) in [5, 5.41) is 4.33. The van der Waals surface area contributed by atoms with E-state index in [4.69, 9.17) is 0 Å². The second kappa shape index (κ2) is 4.85. The summed E-state index contributed by atoms with van der Waals surface area (Å²) in [4.78, 5) is 11.9. The molecule has 0 aliphatic carbocycles. The molecule has 0 saturated heterocycles. The summed E-state index contributed by atoms with van der Waals surface area (Å²) < 4.78 is 35.3. The molecule has 20 heavy (non-hydrogen) atoms. The molecule has 1 aromatic carbocycles. The van der Waals surface area contributed by atoms with Gasteiger partial charge in [0.2, 0.25) is 0 Å². The Bertz CT molecular complexity index is 689. The molecule has 1 amide bonds. The lowest BCUT2D eigenvalue weighted by atomic mass is 10.2. The van der Waals surface area contributed by atoms with Gasteiger partial charge < -0.3 is 14.8 Å². The molecule has 1 N–H and O–H groups in total. The Morgan fingerprint density at radius 2 is 2.00 bits per heavy atom. The molecule has 0 atom stereocenters. The third kappa shape index (κ3) is 2.70. The number of nitrogens with one attached hydrogen (secondary N) is 1. The Kier molecular flexibility index (Phi) is 3.28. The lowest BCUT2D eigenvalue weighted by Gasteiger charge is -2.05. The van der Waals surface area contributed by atoms with Crippen molar-refractivity contribution < 1.29 is 23.0 Å². The summed E-state index contributed by atoms with van der Waals surface area (Å²) in [6, 6.07) is 5.83. The number of rotatable bonds is 2. The zero-order valence-corrected chi connectivity index (χ0v) is 12.6. The molecule has 0 radical (unpaired) electrons. The lowest BCUT2D eigenvalue weighted by molar-refractivity contribution is -0.286. The zero-order chi connectivity index (χ0) is 14.3. The number of alkyl halides is 2.